The molecule has 0 aromatic rings. The van der Waals surface area contributed by atoms with Crippen LogP contribution >= 0.6 is 11.8 Å². The first kappa shape index (κ1) is 22.5. The molecule has 0 atom stereocenters. The maximum atomic E-state index is 12.2. The highest BCUT2D eigenvalue weighted by molar-refractivity contribution is 8.00. The van der Waals surface area contributed by atoms with Crippen molar-refractivity contribution in [1.82, 2.24) is 10.2 Å². The van der Waals surface area contributed by atoms with Crippen molar-refractivity contribution in [2.45, 2.75) is 75.8 Å². The maximum absolute atomic E-state index is 12.2. The van der Waals surface area contributed by atoms with Gasteiger partial charge in [0.15, 0.2) is 6.61 Å². The van der Waals surface area contributed by atoms with Crippen LogP contribution in [0.4, 0.5) is 0 Å². The van der Waals surface area contributed by atoms with E-state index < -0.39 is 24.0 Å². The summed E-state index contributed by atoms with van der Waals surface area (Å²) >= 11 is 1.20. The highest BCUT2D eigenvalue weighted by atomic mass is 32.2. The minimum atomic E-state index is -0.827. The van der Waals surface area contributed by atoms with Crippen LogP contribution in [0.2, 0.25) is 0 Å². The second-order valence-corrected chi connectivity index (χ2v) is 8.74. The Morgan fingerprint density at radius 3 is 2.39 bits per heavy atom. The molecule has 0 aromatic heterocycles. The predicted octanol–water partition coefficient (Wildman–Crippen LogP) is 2.40. The highest BCUT2D eigenvalue weighted by Crippen LogP contribution is 2.27. The van der Waals surface area contributed by atoms with Crippen LogP contribution in [-0.2, 0) is 19.1 Å². The van der Waals surface area contributed by atoms with Gasteiger partial charge in [0.1, 0.15) is 5.54 Å². The number of thioether (sulfide) groups is 1. The summed E-state index contributed by atoms with van der Waals surface area (Å²) in [4.78, 5) is 37.9. The van der Waals surface area contributed by atoms with Crippen LogP contribution < -0.4 is 5.32 Å². The Morgan fingerprint density at radius 2 is 1.75 bits per heavy atom. The van der Waals surface area contributed by atoms with E-state index in [-0.39, 0.29) is 17.4 Å². The van der Waals surface area contributed by atoms with Gasteiger partial charge in [0.25, 0.3) is 5.91 Å². The molecule has 2 aliphatic rings. The second-order valence-electron chi connectivity index (χ2n) is 7.75. The van der Waals surface area contributed by atoms with Gasteiger partial charge >= 0.3 is 5.97 Å². The van der Waals surface area contributed by atoms with Crippen molar-refractivity contribution < 1.29 is 19.1 Å². The van der Waals surface area contributed by atoms with Gasteiger partial charge in [-0.15, -0.1) is 11.8 Å². The molecule has 0 heterocycles. The maximum Gasteiger partial charge on any atom is 0.316 e. The van der Waals surface area contributed by atoms with Crippen LogP contribution in [0.1, 0.15) is 64.2 Å². The SMILES string of the molecule is CN(C(=O)CSCC(=O)OCC(=O)NC1(C#N)CCCCC1)C1CCCCC1. The highest BCUT2D eigenvalue weighted by Gasteiger charge is 2.33. The molecule has 0 radical (unpaired) electrons. The van der Waals surface area contributed by atoms with Gasteiger partial charge in [0.2, 0.25) is 5.91 Å². The zero-order valence-electron chi connectivity index (χ0n) is 16.7. The number of nitriles is 1. The van der Waals surface area contributed by atoms with Crippen molar-refractivity contribution in [3.8, 4) is 6.07 Å². The van der Waals surface area contributed by atoms with Crippen molar-refractivity contribution in [3.63, 3.8) is 0 Å². The number of amides is 2. The number of nitrogens with zero attached hydrogens (tertiary/aromatic N) is 2. The smallest absolute Gasteiger partial charge is 0.316 e. The number of carbonyl (C=O) groups excluding carboxylic acids is 3. The normalized spacial score (nSPS) is 19.3. The van der Waals surface area contributed by atoms with Crippen molar-refractivity contribution in [1.29, 1.82) is 5.26 Å². The van der Waals surface area contributed by atoms with E-state index >= 15 is 0 Å². The van der Waals surface area contributed by atoms with E-state index in [1.54, 1.807) is 4.90 Å². The van der Waals surface area contributed by atoms with E-state index in [9.17, 15) is 19.6 Å². The van der Waals surface area contributed by atoms with E-state index in [2.05, 4.69) is 11.4 Å². The summed E-state index contributed by atoms with van der Waals surface area (Å²) in [5.41, 5.74) is -0.827. The molecular formula is C20H31N3O4S. The largest absolute Gasteiger partial charge is 0.455 e. The van der Waals surface area contributed by atoms with E-state index in [0.717, 1.165) is 44.9 Å². The van der Waals surface area contributed by atoms with Crippen molar-refractivity contribution in [2.24, 2.45) is 0 Å². The fourth-order valence-electron chi connectivity index (χ4n) is 3.91. The van der Waals surface area contributed by atoms with Crippen LogP contribution in [0, 0.1) is 11.3 Å². The van der Waals surface area contributed by atoms with Crippen LogP contribution in [0.3, 0.4) is 0 Å². The van der Waals surface area contributed by atoms with Crippen LogP contribution in [-0.4, -0.2) is 59.4 Å². The standard InChI is InChI=1S/C20H31N3O4S/c1-23(16-8-4-2-5-9-16)18(25)13-28-14-19(26)27-12-17(24)22-20(15-21)10-6-3-7-11-20/h16H,2-14H2,1H3,(H,22,24). The number of hydrogen-bond acceptors (Lipinski definition) is 6. The lowest BCUT2D eigenvalue weighted by atomic mass is 9.83. The van der Waals surface area contributed by atoms with Gasteiger partial charge in [-0.2, -0.15) is 5.26 Å². The molecule has 2 saturated carbocycles. The van der Waals surface area contributed by atoms with Crippen molar-refractivity contribution in [2.75, 3.05) is 25.2 Å². The van der Waals surface area contributed by atoms with E-state index in [4.69, 9.17) is 4.74 Å². The summed E-state index contributed by atoms with van der Waals surface area (Å²) in [5, 5.41) is 12.1. The third kappa shape index (κ3) is 7.01. The fraction of sp³-hybridized carbons (Fsp3) is 0.800. The Bertz CT molecular complexity index is 593. The Hall–Kier alpha value is -1.75. The summed E-state index contributed by atoms with van der Waals surface area (Å²) in [6.45, 7) is -0.390. The second kappa shape index (κ2) is 11.3. The Balaban J connectivity index is 1.62. The van der Waals surface area contributed by atoms with Crippen LogP contribution in [0.5, 0.6) is 0 Å². The molecule has 0 aliphatic heterocycles. The number of carbonyl (C=O) groups is 3. The third-order valence-corrected chi connectivity index (χ3v) is 6.52. The predicted molar refractivity (Wildman–Crippen MR) is 107 cm³/mol. The fourth-order valence-corrected chi connectivity index (χ4v) is 4.64. The molecule has 1 N–H and O–H groups in total. The zero-order chi connectivity index (χ0) is 20.4. The summed E-state index contributed by atoms with van der Waals surface area (Å²) in [6, 6.07) is 2.51. The molecule has 8 heteroatoms. The summed E-state index contributed by atoms with van der Waals surface area (Å²) in [6.07, 6.45) is 9.82. The Labute approximate surface area is 171 Å². The average molecular weight is 410 g/mol. The van der Waals surface area contributed by atoms with Crippen LogP contribution in [0.15, 0.2) is 0 Å². The first-order valence-corrected chi connectivity index (χ1v) is 11.3. The molecule has 28 heavy (non-hydrogen) atoms. The molecular weight excluding hydrogens is 378 g/mol. The number of rotatable bonds is 8. The van der Waals surface area contributed by atoms with Gasteiger partial charge in [-0.3, -0.25) is 14.4 Å². The molecule has 0 bridgehead atoms. The summed E-state index contributed by atoms with van der Waals surface area (Å²) < 4.78 is 4.99. The number of nitrogens with one attached hydrogen (secondary N) is 1. The number of ether oxygens (including phenoxy) is 1. The third-order valence-electron chi connectivity index (χ3n) is 5.63. The molecule has 7 nitrogen and oxygen atoms in total. The van der Waals surface area contributed by atoms with Gasteiger partial charge < -0.3 is 15.0 Å². The van der Waals surface area contributed by atoms with E-state index in [1.807, 2.05) is 7.05 Å². The molecule has 2 rings (SSSR count). The molecule has 0 unspecified atom stereocenters. The van der Waals surface area contributed by atoms with Gasteiger partial charge in [0.05, 0.1) is 17.6 Å². The first-order valence-electron chi connectivity index (χ1n) is 10.2. The molecule has 0 aromatic carbocycles. The summed E-state index contributed by atoms with van der Waals surface area (Å²) in [5.74, 6) is -0.694. The lowest BCUT2D eigenvalue weighted by Gasteiger charge is -2.31. The molecule has 2 fully saturated rings. The van der Waals surface area contributed by atoms with Gasteiger partial charge in [-0.1, -0.05) is 38.5 Å². The molecule has 2 amide bonds. The van der Waals surface area contributed by atoms with E-state index in [1.165, 1.54) is 18.2 Å². The molecule has 2 aliphatic carbocycles. The van der Waals surface area contributed by atoms with E-state index in [0.29, 0.717) is 18.9 Å². The van der Waals surface area contributed by atoms with Crippen molar-refractivity contribution in [3.05, 3.63) is 0 Å². The van der Waals surface area contributed by atoms with Gasteiger partial charge in [-0.25, -0.2) is 0 Å². The lowest BCUT2D eigenvalue weighted by molar-refractivity contribution is -0.146. The number of esters is 1. The monoisotopic (exact) mass is 409 g/mol. The topological polar surface area (TPSA) is 99.5 Å². The minimum absolute atomic E-state index is 0.0238. The van der Waals surface area contributed by atoms with Gasteiger partial charge in [0, 0.05) is 13.1 Å². The van der Waals surface area contributed by atoms with Crippen molar-refractivity contribution >= 4 is 29.5 Å². The Morgan fingerprint density at radius 1 is 1.11 bits per heavy atom. The summed E-state index contributed by atoms with van der Waals surface area (Å²) in [7, 11) is 1.83. The Kier molecular flexibility index (Phi) is 9.10. The minimum Gasteiger partial charge on any atom is -0.455 e. The molecule has 156 valence electrons. The first-order chi connectivity index (χ1) is 13.5. The average Bonchev–Trinajstić information content (AvgIpc) is 2.73. The molecule has 0 spiro atoms. The quantitative estimate of drug-likeness (QED) is 0.618. The lowest BCUT2D eigenvalue weighted by Crippen LogP contribution is -2.50. The molecule has 0 saturated heterocycles. The van der Waals surface area contributed by atoms with Gasteiger partial charge in [-0.05, 0) is 25.7 Å². The zero-order valence-corrected chi connectivity index (χ0v) is 17.5. The van der Waals surface area contributed by atoms with Crippen LogP contribution in [0.25, 0.3) is 0 Å². The number of hydrogen-bond donors (Lipinski definition) is 1.